The number of hydrogen-bond donors (Lipinski definition) is 1. The minimum absolute atomic E-state index is 0.0475. The summed E-state index contributed by atoms with van der Waals surface area (Å²) in [4.78, 5) is 26.4. The molecule has 130 valence electrons. The van der Waals surface area contributed by atoms with E-state index in [1.54, 1.807) is 0 Å². The molecule has 0 saturated heterocycles. The van der Waals surface area contributed by atoms with E-state index in [2.05, 4.69) is 18.3 Å². The van der Waals surface area contributed by atoms with Crippen LogP contribution in [0, 0.1) is 6.92 Å². The summed E-state index contributed by atoms with van der Waals surface area (Å²) in [6, 6.07) is 15.9. The standard InChI is InChI=1S/C21H24N2O2/c1-16-9-10-19-18(14-16)8-5-13-23(19)21(25)11-12-22-20(24)15-17-6-3-2-4-7-17/h2-4,6-7,9-10,14H,5,8,11-13,15H2,1H3,(H,22,24). The number of anilines is 1. The second-order valence-corrected chi connectivity index (χ2v) is 6.54. The Morgan fingerprint density at radius 3 is 2.72 bits per heavy atom. The highest BCUT2D eigenvalue weighted by atomic mass is 16.2. The van der Waals surface area contributed by atoms with Gasteiger partial charge < -0.3 is 10.2 Å². The van der Waals surface area contributed by atoms with E-state index < -0.39 is 0 Å². The lowest BCUT2D eigenvalue weighted by Gasteiger charge is -2.30. The Bertz CT molecular complexity index is 756. The number of nitrogens with zero attached hydrogens (tertiary/aromatic N) is 1. The van der Waals surface area contributed by atoms with Gasteiger partial charge in [0, 0.05) is 25.2 Å². The Balaban J connectivity index is 1.51. The zero-order chi connectivity index (χ0) is 17.6. The SMILES string of the molecule is Cc1ccc2c(c1)CCCN2C(=O)CCNC(=O)Cc1ccccc1. The fourth-order valence-corrected chi connectivity index (χ4v) is 3.27. The highest BCUT2D eigenvalue weighted by Crippen LogP contribution is 2.28. The summed E-state index contributed by atoms with van der Waals surface area (Å²) in [7, 11) is 0. The lowest BCUT2D eigenvalue weighted by Crippen LogP contribution is -2.38. The van der Waals surface area contributed by atoms with Crippen LogP contribution in [0.4, 0.5) is 5.69 Å². The first-order valence-corrected chi connectivity index (χ1v) is 8.84. The molecule has 2 aromatic carbocycles. The van der Waals surface area contributed by atoms with Crippen molar-refractivity contribution in [2.75, 3.05) is 18.0 Å². The molecule has 3 rings (SSSR count). The molecule has 1 heterocycles. The van der Waals surface area contributed by atoms with E-state index in [1.165, 1.54) is 11.1 Å². The molecule has 0 bridgehead atoms. The number of nitrogens with one attached hydrogen (secondary N) is 1. The minimum atomic E-state index is -0.0475. The number of aryl methyl sites for hydroxylation is 2. The number of benzene rings is 2. The van der Waals surface area contributed by atoms with E-state index in [0.717, 1.165) is 30.6 Å². The summed E-state index contributed by atoms with van der Waals surface area (Å²) in [6.45, 7) is 3.21. The van der Waals surface area contributed by atoms with Crippen LogP contribution in [-0.2, 0) is 22.4 Å². The lowest BCUT2D eigenvalue weighted by atomic mass is 9.99. The topological polar surface area (TPSA) is 49.4 Å². The molecule has 25 heavy (non-hydrogen) atoms. The van der Waals surface area contributed by atoms with Crippen molar-refractivity contribution in [2.45, 2.75) is 32.6 Å². The first-order chi connectivity index (χ1) is 12.1. The average molecular weight is 336 g/mol. The summed E-state index contributed by atoms with van der Waals surface area (Å²) in [5.74, 6) is 0.0264. The Labute approximate surface area is 148 Å². The van der Waals surface area contributed by atoms with Crippen LogP contribution < -0.4 is 10.2 Å². The van der Waals surface area contributed by atoms with E-state index in [0.29, 0.717) is 19.4 Å². The molecule has 0 spiro atoms. The first-order valence-electron chi connectivity index (χ1n) is 8.84. The second-order valence-electron chi connectivity index (χ2n) is 6.54. The van der Waals surface area contributed by atoms with E-state index in [1.807, 2.05) is 47.4 Å². The summed E-state index contributed by atoms with van der Waals surface area (Å²) in [5.41, 5.74) is 4.47. The number of carbonyl (C=O) groups excluding carboxylic acids is 2. The number of carbonyl (C=O) groups is 2. The third-order valence-electron chi connectivity index (χ3n) is 4.52. The Morgan fingerprint density at radius 1 is 1.12 bits per heavy atom. The molecule has 2 aromatic rings. The number of amides is 2. The molecular weight excluding hydrogens is 312 g/mol. The molecule has 0 aromatic heterocycles. The van der Waals surface area contributed by atoms with Gasteiger partial charge in [-0.05, 0) is 37.0 Å². The first kappa shape index (κ1) is 17.2. The number of rotatable bonds is 5. The summed E-state index contributed by atoms with van der Waals surface area (Å²) >= 11 is 0. The quantitative estimate of drug-likeness (QED) is 0.912. The lowest BCUT2D eigenvalue weighted by molar-refractivity contribution is -0.121. The molecule has 1 aliphatic rings. The van der Waals surface area contributed by atoms with Crippen LogP contribution in [0.3, 0.4) is 0 Å². The average Bonchev–Trinajstić information content (AvgIpc) is 2.61. The maximum atomic E-state index is 12.6. The molecule has 0 aliphatic carbocycles. The zero-order valence-corrected chi connectivity index (χ0v) is 14.6. The van der Waals surface area contributed by atoms with Gasteiger partial charge in [-0.25, -0.2) is 0 Å². The molecule has 4 nitrogen and oxygen atoms in total. The Kier molecular flexibility index (Phi) is 5.49. The summed E-state index contributed by atoms with van der Waals surface area (Å²) in [6.07, 6.45) is 2.69. The monoisotopic (exact) mass is 336 g/mol. The molecule has 1 N–H and O–H groups in total. The smallest absolute Gasteiger partial charge is 0.228 e. The van der Waals surface area contributed by atoms with Gasteiger partial charge in [-0.1, -0.05) is 48.0 Å². The van der Waals surface area contributed by atoms with Crippen molar-refractivity contribution in [3.05, 3.63) is 65.2 Å². The van der Waals surface area contributed by atoms with Crippen LogP contribution in [0.2, 0.25) is 0 Å². The predicted molar refractivity (Wildman–Crippen MR) is 99.6 cm³/mol. The molecule has 0 atom stereocenters. The summed E-state index contributed by atoms with van der Waals surface area (Å²) < 4.78 is 0. The van der Waals surface area contributed by atoms with E-state index >= 15 is 0 Å². The van der Waals surface area contributed by atoms with Crippen LogP contribution in [0.5, 0.6) is 0 Å². The molecule has 4 heteroatoms. The maximum absolute atomic E-state index is 12.6. The molecule has 0 unspecified atom stereocenters. The van der Waals surface area contributed by atoms with E-state index in [-0.39, 0.29) is 11.8 Å². The molecule has 1 aliphatic heterocycles. The van der Waals surface area contributed by atoms with Crippen LogP contribution in [0.25, 0.3) is 0 Å². The molecule has 0 fully saturated rings. The van der Waals surface area contributed by atoms with Crippen molar-refractivity contribution < 1.29 is 9.59 Å². The third-order valence-corrected chi connectivity index (χ3v) is 4.52. The van der Waals surface area contributed by atoms with Gasteiger partial charge in [0.25, 0.3) is 0 Å². The summed E-state index contributed by atoms with van der Waals surface area (Å²) in [5, 5.41) is 2.85. The molecule has 0 radical (unpaired) electrons. The largest absolute Gasteiger partial charge is 0.355 e. The highest BCUT2D eigenvalue weighted by Gasteiger charge is 2.22. The molecular formula is C21H24N2O2. The van der Waals surface area contributed by atoms with Gasteiger partial charge >= 0.3 is 0 Å². The highest BCUT2D eigenvalue weighted by molar-refractivity contribution is 5.95. The Morgan fingerprint density at radius 2 is 1.92 bits per heavy atom. The van der Waals surface area contributed by atoms with Gasteiger partial charge in [0.05, 0.1) is 6.42 Å². The van der Waals surface area contributed by atoms with Crippen molar-refractivity contribution in [3.8, 4) is 0 Å². The van der Waals surface area contributed by atoms with Gasteiger partial charge in [-0.15, -0.1) is 0 Å². The zero-order valence-electron chi connectivity index (χ0n) is 14.6. The van der Waals surface area contributed by atoms with Gasteiger partial charge in [0.1, 0.15) is 0 Å². The van der Waals surface area contributed by atoms with Gasteiger partial charge in [0.15, 0.2) is 0 Å². The molecule has 0 saturated carbocycles. The van der Waals surface area contributed by atoms with E-state index in [4.69, 9.17) is 0 Å². The fourth-order valence-electron chi connectivity index (χ4n) is 3.27. The minimum Gasteiger partial charge on any atom is -0.355 e. The van der Waals surface area contributed by atoms with Gasteiger partial charge in [-0.3, -0.25) is 9.59 Å². The maximum Gasteiger partial charge on any atom is 0.228 e. The fraction of sp³-hybridized carbons (Fsp3) is 0.333. The van der Waals surface area contributed by atoms with Crippen molar-refractivity contribution in [1.82, 2.24) is 5.32 Å². The number of hydrogen-bond acceptors (Lipinski definition) is 2. The molecule has 2 amide bonds. The van der Waals surface area contributed by atoms with E-state index in [9.17, 15) is 9.59 Å². The second kappa shape index (κ2) is 7.97. The number of fused-ring (bicyclic) bond motifs is 1. The third kappa shape index (κ3) is 4.47. The van der Waals surface area contributed by atoms with Crippen molar-refractivity contribution in [3.63, 3.8) is 0 Å². The van der Waals surface area contributed by atoms with Crippen LogP contribution in [0.15, 0.2) is 48.5 Å². The van der Waals surface area contributed by atoms with Gasteiger partial charge in [-0.2, -0.15) is 0 Å². The predicted octanol–water partition coefficient (Wildman–Crippen LogP) is 3.02. The van der Waals surface area contributed by atoms with Crippen LogP contribution in [0.1, 0.15) is 29.5 Å². The van der Waals surface area contributed by atoms with Crippen molar-refractivity contribution in [2.24, 2.45) is 0 Å². The van der Waals surface area contributed by atoms with Gasteiger partial charge in [0.2, 0.25) is 11.8 Å². The normalized spacial score (nSPS) is 13.2. The van der Waals surface area contributed by atoms with Crippen LogP contribution in [-0.4, -0.2) is 24.9 Å². The van der Waals surface area contributed by atoms with Crippen molar-refractivity contribution in [1.29, 1.82) is 0 Å². The van der Waals surface area contributed by atoms with Crippen molar-refractivity contribution >= 4 is 17.5 Å². The Hall–Kier alpha value is -2.62. The van der Waals surface area contributed by atoms with Crippen LogP contribution >= 0.6 is 0 Å².